The molecule has 21 heavy (non-hydrogen) atoms. The molecule has 1 aromatic carbocycles. The van der Waals surface area contributed by atoms with Gasteiger partial charge in [0.2, 0.25) is 5.91 Å². The van der Waals surface area contributed by atoms with Crippen LogP contribution >= 0.6 is 0 Å². The number of benzene rings is 1. The van der Waals surface area contributed by atoms with E-state index in [9.17, 15) is 9.18 Å². The van der Waals surface area contributed by atoms with Crippen molar-refractivity contribution in [2.45, 2.75) is 19.1 Å². The zero-order chi connectivity index (χ0) is 14.8. The SMILES string of the molecule is CN(Cc1ccc(F)cc1)C(=O)[C@@H]1NCc2ncncc21. The fourth-order valence-corrected chi connectivity index (χ4v) is 2.45. The molecule has 0 saturated heterocycles. The van der Waals surface area contributed by atoms with Crippen LogP contribution in [0.3, 0.4) is 0 Å². The maximum Gasteiger partial charge on any atom is 0.244 e. The summed E-state index contributed by atoms with van der Waals surface area (Å²) in [7, 11) is 1.73. The molecule has 0 saturated carbocycles. The smallest absolute Gasteiger partial charge is 0.244 e. The van der Waals surface area contributed by atoms with Gasteiger partial charge in [0.25, 0.3) is 0 Å². The van der Waals surface area contributed by atoms with E-state index in [1.165, 1.54) is 18.5 Å². The van der Waals surface area contributed by atoms with Crippen molar-refractivity contribution >= 4 is 5.91 Å². The monoisotopic (exact) mass is 286 g/mol. The molecule has 2 heterocycles. The number of likely N-dealkylation sites (N-methyl/N-ethyl adjacent to an activating group) is 1. The highest BCUT2D eigenvalue weighted by molar-refractivity contribution is 5.84. The van der Waals surface area contributed by atoms with Crippen LogP contribution in [0.25, 0.3) is 0 Å². The van der Waals surface area contributed by atoms with E-state index in [4.69, 9.17) is 0 Å². The van der Waals surface area contributed by atoms with E-state index >= 15 is 0 Å². The Kier molecular flexibility index (Phi) is 3.62. The molecule has 2 aromatic rings. The van der Waals surface area contributed by atoms with Crippen molar-refractivity contribution in [2.75, 3.05) is 7.05 Å². The lowest BCUT2D eigenvalue weighted by Crippen LogP contribution is -2.35. The van der Waals surface area contributed by atoms with Gasteiger partial charge in [-0.05, 0) is 17.7 Å². The summed E-state index contributed by atoms with van der Waals surface area (Å²) in [4.78, 5) is 22.3. The topological polar surface area (TPSA) is 58.1 Å². The van der Waals surface area contributed by atoms with Crippen molar-refractivity contribution in [2.24, 2.45) is 0 Å². The van der Waals surface area contributed by atoms with Gasteiger partial charge in [0.15, 0.2) is 0 Å². The summed E-state index contributed by atoms with van der Waals surface area (Å²) in [5, 5.41) is 3.14. The predicted octanol–water partition coefficient (Wildman–Crippen LogP) is 1.42. The number of nitrogens with one attached hydrogen (secondary N) is 1. The fourth-order valence-electron chi connectivity index (χ4n) is 2.45. The summed E-state index contributed by atoms with van der Waals surface area (Å²) < 4.78 is 12.9. The highest BCUT2D eigenvalue weighted by atomic mass is 19.1. The van der Waals surface area contributed by atoms with Crippen LogP contribution in [-0.2, 0) is 17.9 Å². The Hall–Kier alpha value is -2.34. The van der Waals surface area contributed by atoms with Crippen LogP contribution in [0.4, 0.5) is 4.39 Å². The lowest BCUT2D eigenvalue weighted by Gasteiger charge is -2.21. The molecular formula is C15H15FN4O. The van der Waals surface area contributed by atoms with Gasteiger partial charge in [-0.3, -0.25) is 10.1 Å². The summed E-state index contributed by atoms with van der Waals surface area (Å²) >= 11 is 0. The molecule has 0 fully saturated rings. The van der Waals surface area contributed by atoms with Gasteiger partial charge in [0.1, 0.15) is 18.2 Å². The molecule has 3 rings (SSSR count). The Morgan fingerprint density at radius 2 is 2.19 bits per heavy atom. The van der Waals surface area contributed by atoms with E-state index < -0.39 is 6.04 Å². The lowest BCUT2D eigenvalue weighted by molar-refractivity contribution is -0.132. The van der Waals surface area contributed by atoms with E-state index in [2.05, 4.69) is 15.3 Å². The van der Waals surface area contributed by atoms with Crippen LogP contribution in [0.1, 0.15) is 22.9 Å². The first-order valence-corrected chi connectivity index (χ1v) is 6.67. The van der Waals surface area contributed by atoms with Crippen molar-refractivity contribution in [1.82, 2.24) is 20.2 Å². The van der Waals surface area contributed by atoms with Crippen LogP contribution in [0.15, 0.2) is 36.8 Å². The van der Waals surface area contributed by atoms with Gasteiger partial charge < -0.3 is 4.90 Å². The maximum absolute atomic E-state index is 12.9. The molecule has 0 radical (unpaired) electrons. The van der Waals surface area contributed by atoms with Gasteiger partial charge in [-0.15, -0.1) is 0 Å². The van der Waals surface area contributed by atoms with Crippen LogP contribution in [0.2, 0.25) is 0 Å². The highest BCUT2D eigenvalue weighted by Crippen LogP contribution is 2.24. The molecular weight excluding hydrogens is 271 g/mol. The molecule has 1 N–H and O–H groups in total. The number of rotatable bonds is 3. The Morgan fingerprint density at radius 3 is 2.95 bits per heavy atom. The quantitative estimate of drug-likeness (QED) is 0.927. The first-order chi connectivity index (χ1) is 10.1. The van der Waals surface area contributed by atoms with Gasteiger partial charge in [0, 0.05) is 31.9 Å². The van der Waals surface area contributed by atoms with E-state index in [1.807, 2.05) is 0 Å². The van der Waals surface area contributed by atoms with Crippen molar-refractivity contribution < 1.29 is 9.18 Å². The van der Waals surface area contributed by atoms with E-state index in [-0.39, 0.29) is 11.7 Å². The third-order valence-corrected chi connectivity index (χ3v) is 3.57. The average Bonchev–Trinajstić information content (AvgIpc) is 2.92. The van der Waals surface area contributed by atoms with Gasteiger partial charge in [0.05, 0.1) is 5.69 Å². The minimum atomic E-state index is -0.411. The van der Waals surface area contributed by atoms with Gasteiger partial charge >= 0.3 is 0 Å². The molecule has 1 aliphatic heterocycles. The highest BCUT2D eigenvalue weighted by Gasteiger charge is 2.31. The van der Waals surface area contributed by atoms with Crippen LogP contribution in [0.5, 0.6) is 0 Å². The summed E-state index contributed by atoms with van der Waals surface area (Å²) in [6.45, 7) is 0.999. The van der Waals surface area contributed by atoms with Crippen molar-refractivity contribution in [3.8, 4) is 0 Å². The average molecular weight is 286 g/mol. The molecule has 1 aromatic heterocycles. The molecule has 1 aliphatic rings. The predicted molar refractivity (Wildman–Crippen MR) is 74.5 cm³/mol. The standard InChI is InChI=1S/C15H15FN4O/c1-20(8-10-2-4-11(16)5-3-10)15(21)14-12-6-17-9-19-13(12)7-18-14/h2-6,9,14,18H,7-8H2,1H3/t14-/m1/s1. The van der Waals surface area contributed by atoms with Gasteiger partial charge in [-0.25, -0.2) is 14.4 Å². The molecule has 108 valence electrons. The molecule has 5 nitrogen and oxygen atoms in total. The summed E-state index contributed by atoms with van der Waals surface area (Å²) in [6, 6.07) is 5.73. The Balaban J connectivity index is 1.72. The van der Waals surface area contributed by atoms with Crippen LogP contribution < -0.4 is 5.32 Å². The molecule has 0 bridgehead atoms. The van der Waals surface area contributed by atoms with Crippen LogP contribution in [-0.4, -0.2) is 27.8 Å². The van der Waals surface area contributed by atoms with E-state index in [0.717, 1.165) is 16.8 Å². The fraction of sp³-hybridized carbons (Fsp3) is 0.267. The molecule has 1 atom stereocenters. The van der Waals surface area contributed by atoms with E-state index in [1.54, 1.807) is 30.3 Å². The normalized spacial score (nSPS) is 16.6. The summed E-state index contributed by atoms with van der Waals surface area (Å²) in [5.74, 6) is -0.329. The zero-order valence-corrected chi connectivity index (χ0v) is 11.6. The van der Waals surface area contributed by atoms with E-state index in [0.29, 0.717) is 13.1 Å². The number of hydrogen-bond donors (Lipinski definition) is 1. The summed E-state index contributed by atoms with van der Waals surface area (Å²) in [5.41, 5.74) is 2.57. The second kappa shape index (κ2) is 5.57. The summed E-state index contributed by atoms with van der Waals surface area (Å²) in [6.07, 6.45) is 3.16. The Morgan fingerprint density at radius 1 is 1.43 bits per heavy atom. The Bertz CT molecular complexity index is 659. The third kappa shape index (κ3) is 2.75. The number of hydrogen-bond acceptors (Lipinski definition) is 4. The second-order valence-corrected chi connectivity index (χ2v) is 5.06. The molecule has 0 aliphatic carbocycles. The number of carbonyl (C=O) groups excluding carboxylic acids is 1. The largest absolute Gasteiger partial charge is 0.340 e. The number of fused-ring (bicyclic) bond motifs is 1. The van der Waals surface area contributed by atoms with Gasteiger partial charge in [-0.1, -0.05) is 12.1 Å². The number of nitrogens with zero attached hydrogens (tertiary/aromatic N) is 3. The third-order valence-electron chi connectivity index (χ3n) is 3.57. The molecule has 6 heteroatoms. The number of aromatic nitrogens is 2. The van der Waals surface area contributed by atoms with Crippen molar-refractivity contribution in [3.05, 3.63) is 59.4 Å². The van der Waals surface area contributed by atoms with Crippen molar-refractivity contribution in [1.29, 1.82) is 0 Å². The molecule has 1 amide bonds. The second-order valence-electron chi connectivity index (χ2n) is 5.06. The number of halogens is 1. The van der Waals surface area contributed by atoms with Crippen molar-refractivity contribution in [3.63, 3.8) is 0 Å². The zero-order valence-electron chi connectivity index (χ0n) is 11.6. The lowest BCUT2D eigenvalue weighted by atomic mass is 10.1. The van der Waals surface area contributed by atoms with Crippen LogP contribution in [0, 0.1) is 5.82 Å². The molecule has 0 spiro atoms. The first kappa shape index (κ1) is 13.6. The number of amides is 1. The first-order valence-electron chi connectivity index (χ1n) is 6.67. The molecule has 0 unspecified atom stereocenters. The Labute approximate surface area is 121 Å². The minimum absolute atomic E-state index is 0.0483. The minimum Gasteiger partial charge on any atom is -0.340 e. The number of carbonyl (C=O) groups is 1. The van der Waals surface area contributed by atoms with Gasteiger partial charge in [-0.2, -0.15) is 0 Å². The maximum atomic E-state index is 12.9.